The molecule has 1 aromatic carbocycles. The smallest absolute Gasteiger partial charge is 0.188 e. The van der Waals surface area contributed by atoms with Crippen molar-refractivity contribution in [1.82, 2.24) is 4.98 Å². The fraction of sp³-hybridized carbons (Fsp3) is 0.200. The molecule has 0 aliphatic rings. The Morgan fingerprint density at radius 3 is 2.30 bits per heavy atom. The molecule has 0 amide bonds. The maximum atomic E-state index is 8.58. The lowest BCUT2D eigenvalue weighted by Crippen LogP contribution is -2.14. The van der Waals surface area contributed by atoms with Crippen molar-refractivity contribution >= 4 is 17.6 Å². The minimum absolute atomic E-state index is 0.0165. The van der Waals surface area contributed by atoms with Crippen LogP contribution in [0, 0.1) is 0 Å². The SMILES string of the molecule is CC(C)c1ccc(Sc2ccc(/C(N)=N/O)nc2)cc1. The molecule has 0 aliphatic carbocycles. The molecule has 0 saturated carbocycles. The first-order chi connectivity index (χ1) is 9.60. The molecule has 0 aliphatic heterocycles. The molecular weight excluding hydrogens is 270 g/mol. The predicted octanol–water partition coefficient (Wildman–Crippen LogP) is 3.45. The molecule has 104 valence electrons. The fourth-order valence-corrected chi connectivity index (χ4v) is 2.49. The molecule has 1 aromatic heterocycles. The van der Waals surface area contributed by atoms with Crippen molar-refractivity contribution in [2.75, 3.05) is 0 Å². The van der Waals surface area contributed by atoms with Crippen LogP contribution in [0.15, 0.2) is 57.5 Å². The number of benzene rings is 1. The second-order valence-corrected chi connectivity index (χ2v) is 5.84. The van der Waals surface area contributed by atoms with Gasteiger partial charge in [-0.2, -0.15) is 0 Å². The maximum Gasteiger partial charge on any atom is 0.188 e. The summed E-state index contributed by atoms with van der Waals surface area (Å²) in [6.07, 6.45) is 1.72. The molecule has 4 nitrogen and oxygen atoms in total. The van der Waals surface area contributed by atoms with E-state index >= 15 is 0 Å². The molecular formula is C15H17N3OS. The quantitative estimate of drug-likeness (QED) is 0.391. The van der Waals surface area contributed by atoms with E-state index in [2.05, 4.69) is 48.3 Å². The lowest BCUT2D eigenvalue weighted by molar-refractivity contribution is 0.318. The summed E-state index contributed by atoms with van der Waals surface area (Å²) in [5.74, 6) is 0.554. The average Bonchev–Trinajstić information content (AvgIpc) is 2.48. The number of hydrogen-bond donors (Lipinski definition) is 2. The summed E-state index contributed by atoms with van der Waals surface area (Å²) in [5.41, 5.74) is 7.27. The van der Waals surface area contributed by atoms with Crippen molar-refractivity contribution in [3.05, 3.63) is 53.9 Å². The van der Waals surface area contributed by atoms with Gasteiger partial charge in [-0.05, 0) is 35.7 Å². The minimum Gasteiger partial charge on any atom is -0.409 e. The van der Waals surface area contributed by atoms with Crippen LogP contribution in [0.2, 0.25) is 0 Å². The van der Waals surface area contributed by atoms with Crippen LogP contribution in [0.3, 0.4) is 0 Å². The number of nitrogens with two attached hydrogens (primary N) is 1. The van der Waals surface area contributed by atoms with Crippen molar-refractivity contribution in [3.8, 4) is 0 Å². The Morgan fingerprint density at radius 1 is 1.15 bits per heavy atom. The van der Waals surface area contributed by atoms with Crippen LogP contribution in [0.5, 0.6) is 0 Å². The van der Waals surface area contributed by atoms with Gasteiger partial charge in [0.15, 0.2) is 5.84 Å². The lowest BCUT2D eigenvalue weighted by atomic mass is 10.0. The van der Waals surface area contributed by atoms with E-state index in [-0.39, 0.29) is 5.84 Å². The van der Waals surface area contributed by atoms with Gasteiger partial charge in [0.25, 0.3) is 0 Å². The van der Waals surface area contributed by atoms with Crippen LogP contribution in [0.25, 0.3) is 0 Å². The number of rotatable bonds is 4. The first kappa shape index (κ1) is 14.4. The van der Waals surface area contributed by atoms with Gasteiger partial charge in [0.05, 0.1) is 0 Å². The fourth-order valence-electron chi connectivity index (χ4n) is 1.70. The van der Waals surface area contributed by atoms with Crippen molar-refractivity contribution in [2.24, 2.45) is 10.9 Å². The van der Waals surface area contributed by atoms with E-state index in [0.29, 0.717) is 11.6 Å². The average molecular weight is 287 g/mol. The molecule has 0 bridgehead atoms. The Morgan fingerprint density at radius 2 is 1.80 bits per heavy atom. The number of aromatic nitrogens is 1. The monoisotopic (exact) mass is 287 g/mol. The van der Waals surface area contributed by atoms with Crippen molar-refractivity contribution in [1.29, 1.82) is 0 Å². The third-order valence-electron chi connectivity index (χ3n) is 2.89. The molecule has 0 unspecified atom stereocenters. The van der Waals surface area contributed by atoms with E-state index in [4.69, 9.17) is 10.9 Å². The van der Waals surface area contributed by atoms with Gasteiger partial charge in [-0.3, -0.25) is 4.98 Å². The normalized spacial score (nSPS) is 11.8. The number of nitrogens with zero attached hydrogens (tertiary/aromatic N) is 2. The van der Waals surface area contributed by atoms with Crippen molar-refractivity contribution < 1.29 is 5.21 Å². The standard InChI is InChI=1S/C15H17N3OS/c1-10(2)11-3-5-12(6-4-11)20-13-7-8-14(17-9-13)15(16)18-19/h3-10,19H,1-2H3,(H2,16,18). The molecule has 0 radical (unpaired) electrons. The van der Waals surface area contributed by atoms with Gasteiger partial charge in [-0.1, -0.05) is 42.9 Å². The van der Waals surface area contributed by atoms with Gasteiger partial charge < -0.3 is 10.9 Å². The van der Waals surface area contributed by atoms with E-state index in [1.165, 1.54) is 5.56 Å². The summed E-state index contributed by atoms with van der Waals surface area (Å²) in [6, 6.07) is 12.1. The van der Waals surface area contributed by atoms with Crippen LogP contribution < -0.4 is 5.73 Å². The summed E-state index contributed by atoms with van der Waals surface area (Å²) in [5, 5.41) is 11.5. The molecule has 3 N–H and O–H groups in total. The Kier molecular flexibility index (Phi) is 4.63. The van der Waals surface area contributed by atoms with Gasteiger partial charge in [-0.25, -0.2) is 0 Å². The largest absolute Gasteiger partial charge is 0.409 e. The second-order valence-electron chi connectivity index (χ2n) is 4.69. The number of oxime groups is 1. The Labute approximate surface area is 122 Å². The molecule has 2 rings (SSSR count). The van der Waals surface area contributed by atoms with E-state index in [9.17, 15) is 0 Å². The van der Waals surface area contributed by atoms with E-state index in [1.807, 2.05) is 6.07 Å². The van der Waals surface area contributed by atoms with Crippen LogP contribution in [-0.4, -0.2) is 16.0 Å². The molecule has 1 heterocycles. The van der Waals surface area contributed by atoms with Gasteiger partial charge in [0, 0.05) is 16.0 Å². The van der Waals surface area contributed by atoms with Gasteiger partial charge in [0.2, 0.25) is 0 Å². The predicted molar refractivity (Wildman–Crippen MR) is 81.4 cm³/mol. The van der Waals surface area contributed by atoms with Crippen molar-refractivity contribution in [3.63, 3.8) is 0 Å². The number of hydrogen-bond acceptors (Lipinski definition) is 4. The van der Waals surface area contributed by atoms with Crippen LogP contribution in [-0.2, 0) is 0 Å². The Hall–Kier alpha value is -2.01. The van der Waals surface area contributed by atoms with Crippen LogP contribution in [0.1, 0.15) is 31.0 Å². The van der Waals surface area contributed by atoms with Gasteiger partial charge in [-0.15, -0.1) is 0 Å². The Bertz CT molecular complexity index is 592. The van der Waals surface area contributed by atoms with Crippen molar-refractivity contribution in [2.45, 2.75) is 29.6 Å². The molecule has 5 heteroatoms. The Balaban J connectivity index is 2.10. The molecule has 0 saturated heterocycles. The van der Waals surface area contributed by atoms with E-state index in [1.54, 1.807) is 24.0 Å². The molecule has 2 aromatic rings. The summed E-state index contributed by atoms with van der Waals surface area (Å²) < 4.78 is 0. The zero-order valence-electron chi connectivity index (χ0n) is 11.4. The lowest BCUT2D eigenvalue weighted by Gasteiger charge is -2.07. The van der Waals surface area contributed by atoms with E-state index in [0.717, 1.165) is 9.79 Å². The summed E-state index contributed by atoms with van der Waals surface area (Å²) in [4.78, 5) is 6.33. The van der Waals surface area contributed by atoms with Crippen LogP contribution in [0.4, 0.5) is 0 Å². The van der Waals surface area contributed by atoms with Crippen LogP contribution >= 0.6 is 11.8 Å². The number of pyridine rings is 1. The molecule has 0 atom stereocenters. The topological polar surface area (TPSA) is 71.5 Å². The summed E-state index contributed by atoms with van der Waals surface area (Å²) in [7, 11) is 0. The molecule has 0 spiro atoms. The zero-order chi connectivity index (χ0) is 14.5. The highest BCUT2D eigenvalue weighted by atomic mass is 32.2. The molecule has 20 heavy (non-hydrogen) atoms. The summed E-state index contributed by atoms with van der Waals surface area (Å²) in [6.45, 7) is 4.36. The first-order valence-corrected chi connectivity index (χ1v) is 7.13. The third kappa shape index (κ3) is 3.51. The van der Waals surface area contributed by atoms with E-state index < -0.39 is 0 Å². The first-order valence-electron chi connectivity index (χ1n) is 6.32. The highest BCUT2D eigenvalue weighted by Gasteiger charge is 2.03. The number of amidine groups is 1. The third-order valence-corrected chi connectivity index (χ3v) is 3.87. The maximum absolute atomic E-state index is 8.58. The summed E-state index contributed by atoms with van der Waals surface area (Å²) >= 11 is 1.63. The minimum atomic E-state index is 0.0165. The molecule has 0 fully saturated rings. The van der Waals surface area contributed by atoms with Gasteiger partial charge in [0.1, 0.15) is 5.69 Å². The highest BCUT2D eigenvalue weighted by Crippen LogP contribution is 2.28. The zero-order valence-corrected chi connectivity index (χ0v) is 12.3. The highest BCUT2D eigenvalue weighted by molar-refractivity contribution is 7.99. The van der Waals surface area contributed by atoms with Gasteiger partial charge >= 0.3 is 0 Å². The second kappa shape index (κ2) is 6.43.